The van der Waals surface area contributed by atoms with Gasteiger partial charge in [-0.3, -0.25) is 4.79 Å². The number of anilines is 1. The molecule has 1 aromatic carbocycles. The molecule has 5 heteroatoms. The van der Waals surface area contributed by atoms with Crippen molar-refractivity contribution in [1.29, 1.82) is 0 Å². The molecular weight excluding hydrogens is 368 g/mol. The van der Waals surface area contributed by atoms with E-state index in [9.17, 15) is 4.79 Å². The second-order valence-electron chi connectivity index (χ2n) is 8.51. The van der Waals surface area contributed by atoms with E-state index in [0.717, 1.165) is 34.7 Å². The summed E-state index contributed by atoms with van der Waals surface area (Å²) in [6.45, 7) is 9.61. The molecule has 150 valence electrons. The second kappa shape index (κ2) is 7.43. The highest BCUT2D eigenvalue weighted by atomic mass is 32.1. The van der Waals surface area contributed by atoms with Crippen LogP contribution in [0.1, 0.15) is 73.1 Å². The number of hydrogen-bond donors (Lipinski definition) is 2. The number of carbonyl (C=O) groups excluding carboxylic acids is 1. The van der Waals surface area contributed by atoms with Gasteiger partial charge in [0.15, 0.2) is 0 Å². The molecule has 2 heterocycles. The molecule has 0 saturated carbocycles. The second-order valence-corrected chi connectivity index (χ2v) is 9.62. The normalized spacial score (nSPS) is 21.4. The number of rotatable bonds is 5. The van der Waals surface area contributed by atoms with Gasteiger partial charge in [-0.1, -0.05) is 45.4 Å². The maximum atomic E-state index is 13.0. The molecular formula is C23H30N2O2S. The van der Waals surface area contributed by atoms with E-state index in [0.29, 0.717) is 17.9 Å². The van der Waals surface area contributed by atoms with E-state index in [-0.39, 0.29) is 12.1 Å². The molecule has 1 aliphatic carbocycles. The van der Waals surface area contributed by atoms with Gasteiger partial charge in [-0.15, -0.1) is 11.3 Å². The van der Waals surface area contributed by atoms with Crippen LogP contribution in [-0.2, 0) is 12.8 Å². The molecule has 1 amide bonds. The van der Waals surface area contributed by atoms with Gasteiger partial charge in [0.05, 0.1) is 12.2 Å². The summed E-state index contributed by atoms with van der Waals surface area (Å²) >= 11 is 1.78. The Morgan fingerprint density at radius 3 is 2.75 bits per heavy atom. The lowest BCUT2D eigenvalue weighted by atomic mass is 9.69. The van der Waals surface area contributed by atoms with Crippen molar-refractivity contribution >= 4 is 22.2 Å². The summed E-state index contributed by atoms with van der Waals surface area (Å²) in [6, 6.07) is 7.92. The molecule has 0 saturated heterocycles. The van der Waals surface area contributed by atoms with Crippen LogP contribution in [0.2, 0.25) is 0 Å². The fourth-order valence-corrected chi connectivity index (χ4v) is 5.77. The smallest absolute Gasteiger partial charge is 0.256 e. The number of benzene rings is 1. The van der Waals surface area contributed by atoms with Crippen LogP contribution >= 0.6 is 11.3 Å². The maximum Gasteiger partial charge on any atom is 0.256 e. The molecule has 4 nitrogen and oxygen atoms in total. The highest BCUT2D eigenvalue weighted by Gasteiger charge is 2.37. The molecule has 0 fully saturated rings. The highest BCUT2D eigenvalue weighted by Crippen LogP contribution is 2.47. The molecule has 0 radical (unpaired) electrons. The minimum absolute atomic E-state index is 0.0377. The lowest BCUT2D eigenvalue weighted by Gasteiger charge is -2.36. The number of ether oxygens (including phenoxy) is 1. The number of carbonyl (C=O) groups is 1. The fraction of sp³-hybridized carbons (Fsp3) is 0.522. The SMILES string of the molecule is CCOc1ccccc1C1NC(=O)c2c(sc3c2CCC(C(C)(C)CC)C3)N1. The van der Waals surface area contributed by atoms with Gasteiger partial charge in [-0.05, 0) is 49.1 Å². The number of para-hydroxylation sites is 1. The maximum absolute atomic E-state index is 13.0. The first kappa shape index (κ1) is 19.3. The Morgan fingerprint density at radius 2 is 2.00 bits per heavy atom. The summed E-state index contributed by atoms with van der Waals surface area (Å²) in [5.74, 6) is 1.54. The van der Waals surface area contributed by atoms with Gasteiger partial charge in [-0.2, -0.15) is 0 Å². The third kappa shape index (κ3) is 3.30. The number of fused-ring (bicyclic) bond motifs is 3. The van der Waals surface area contributed by atoms with Crippen LogP contribution in [0.4, 0.5) is 5.00 Å². The third-order valence-electron chi connectivity index (χ3n) is 6.59. The molecule has 2 aliphatic rings. The van der Waals surface area contributed by atoms with Crippen LogP contribution in [-0.4, -0.2) is 12.5 Å². The zero-order valence-electron chi connectivity index (χ0n) is 17.2. The summed E-state index contributed by atoms with van der Waals surface area (Å²) in [5, 5.41) is 7.74. The number of hydrogen-bond acceptors (Lipinski definition) is 4. The molecule has 1 aliphatic heterocycles. The predicted molar refractivity (Wildman–Crippen MR) is 115 cm³/mol. The molecule has 2 aromatic rings. The number of amides is 1. The lowest BCUT2D eigenvalue weighted by molar-refractivity contribution is 0.0934. The largest absolute Gasteiger partial charge is 0.493 e. The summed E-state index contributed by atoms with van der Waals surface area (Å²) in [5.41, 5.74) is 3.46. The van der Waals surface area contributed by atoms with Gasteiger partial charge in [-0.25, -0.2) is 0 Å². The van der Waals surface area contributed by atoms with Crippen molar-refractivity contribution in [2.24, 2.45) is 11.3 Å². The summed E-state index contributed by atoms with van der Waals surface area (Å²) in [4.78, 5) is 14.4. The Morgan fingerprint density at radius 1 is 1.21 bits per heavy atom. The van der Waals surface area contributed by atoms with Crippen molar-refractivity contribution in [3.63, 3.8) is 0 Å². The third-order valence-corrected chi connectivity index (χ3v) is 7.78. The van der Waals surface area contributed by atoms with E-state index in [1.54, 1.807) is 11.3 Å². The highest BCUT2D eigenvalue weighted by molar-refractivity contribution is 7.16. The Labute approximate surface area is 171 Å². The van der Waals surface area contributed by atoms with Gasteiger partial charge < -0.3 is 15.4 Å². The zero-order chi connectivity index (χ0) is 19.9. The molecule has 1 aromatic heterocycles. The molecule has 4 rings (SSSR count). The van der Waals surface area contributed by atoms with E-state index < -0.39 is 0 Å². The van der Waals surface area contributed by atoms with Crippen molar-refractivity contribution < 1.29 is 9.53 Å². The minimum Gasteiger partial charge on any atom is -0.493 e. The average molecular weight is 399 g/mol. The Balaban J connectivity index is 1.64. The molecule has 2 atom stereocenters. The van der Waals surface area contributed by atoms with E-state index in [1.807, 2.05) is 31.2 Å². The van der Waals surface area contributed by atoms with Crippen LogP contribution in [0.5, 0.6) is 5.75 Å². The fourth-order valence-electron chi connectivity index (χ4n) is 4.42. The Hall–Kier alpha value is -2.01. The van der Waals surface area contributed by atoms with Crippen LogP contribution in [0.3, 0.4) is 0 Å². The quantitative estimate of drug-likeness (QED) is 0.695. The summed E-state index contributed by atoms with van der Waals surface area (Å²) in [6.07, 6.45) is 4.19. The number of thiophene rings is 1. The van der Waals surface area contributed by atoms with Crippen LogP contribution in [0, 0.1) is 11.3 Å². The van der Waals surface area contributed by atoms with E-state index >= 15 is 0 Å². The van der Waals surface area contributed by atoms with E-state index in [2.05, 4.69) is 31.4 Å². The Bertz CT molecular complexity index is 887. The summed E-state index contributed by atoms with van der Waals surface area (Å²) < 4.78 is 5.77. The first-order chi connectivity index (χ1) is 13.4. The zero-order valence-corrected chi connectivity index (χ0v) is 18.0. The Kier molecular flexibility index (Phi) is 5.13. The van der Waals surface area contributed by atoms with Gasteiger partial charge in [0.2, 0.25) is 0 Å². The van der Waals surface area contributed by atoms with Crippen LogP contribution in [0.25, 0.3) is 0 Å². The van der Waals surface area contributed by atoms with Crippen molar-refractivity contribution in [3.05, 3.63) is 45.8 Å². The molecule has 2 N–H and O–H groups in total. The van der Waals surface area contributed by atoms with Crippen LogP contribution < -0.4 is 15.4 Å². The first-order valence-electron chi connectivity index (χ1n) is 10.4. The van der Waals surface area contributed by atoms with Gasteiger partial charge in [0.25, 0.3) is 5.91 Å². The van der Waals surface area contributed by atoms with Crippen LogP contribution in [0.15, 0.2) is 24.3 Å². The predicted octanol–water partition coefficient (Wildman–Crippen LogP) is 5.54. The van der Waals surface area contributed by atoms with E-state index in [4.69, 9.17) is 4.74 Å². The topological polar surface area (TPSA) is 50.4 Å². The molecule has 28 heavy (non-hydrogen) atoms. The lowest BCUT2D eigenvalue weighted by Crippen LogP contribution is -2.38. The minimum atomic E-state index is -0.259. The number of nitrogens with one attached hydrogen (secondary N) is 2. The van der Waals surface area contributed by atoms with Crippen molar-refractivity contribution in [1.82, 2.24) is 5.32 Å². The summed E-state index contributed by atoms with van der Waals surface area (Å²) in [7, 11) is 0. The molecule has 0 bridgehead atoms. The van der Waals surface area contributed by atoms with Crippen molar-refractivity contribution in [2.75, 3.05) is 11.9 Å². The molecule has 2 unspecified atom stereocenters. The monoisotopic (exact) mass is 398 g/mol. The van der Waals surface area contributed by atoms with Gasteiger partial charge in [0.1, 0.15) is 16.9 Å². The van der Waals surface area contributed by atoms with Crippen molar-refractivity contribution in [2.45, 2.75) is 59.5 Å². The molecule has 0 spiro atoms. The standard InChI is InChI=1S/C23H30N2O2S/c1-5-23(3,4)14-11-12-16-18(13-14)28-22-19(16)21(26)24-20(25-22)15-9-7-8-10-17(15)27-6-2/h7-10,14,20,25H,5-6,11-13H2,1-4H3,(H,24,26). The average Bonchev–Trinajstić information content (AvgIpc) is 3.06. The van der Waals surface area contributed by atoms with Crippen molar-refractivity contribution in [3.8, 4) is 5.75 Å². The first-order valence-corrected chi connectivity index (χ1v) is 11.2. The van der Waals surface area contributed by atoms with Gasteiger partial charge in [0, 0.05) is 10.4 Å². The van der Waals surface area contributed by atoms with Gasteiger partial charge >= 0.3 is 0 Å². The van der Waals surface area contributed by atoms with E-state index in [1.165, 1.54) is 23.3 Å².